The van der Waals surface area contributed by atoms with Gasteiger partial charge in [0.15, 0.2) is 11.1 Å². The lowest BCUT2D eigenvalue weighted by Crippen LogP contribution is -2.55. The van der Waals surface area contributed by atoms with Crippen molar-refractivity contribution in [3.63, 3.8) is 0 Å². The molecule has 1 aromatic heterocycles. The highest BCUT2D eigenvalue weighted by atomic mass is 32.2. The highest BCUT2D eigenvalue weighted by Gasteiger charge is 2.48. The van der Waals surface area contributed by atoms with Crippen molar-refractivity contribution in [1.29, 1.82) is 0 Å². The Bertz CT molecular complexity index is 903. The fraction of sp³-hybridized carbons (Fsp3) is 0.316. The van der Waals surface area contributed by atoms with E-state index in [4.69, 9.17) is 4.18 Å². The molecule has 0 spiro atoms. The van der Waals surface area contributed by atoms with Crippen LogP contribution in [0.25, 0.3) is 0 Å². The van der Waals surface area contributed by atoms with Crippen LogP contribution in [0.3, 0.4) is 0 Å². The second-order valence-corrected chi connectivity index (χ2v) is 8.01. The maximum Gasteiger partial charge on any atom is 0.269 e. The van der Waals surface area contributed by atoms with Crippen LogP contribution in [0.4, 0.5) is 5.69 Å². The first kappa shape index (κ1) is 19.2. The zero-order chi connectivity index (χ0) is 19.6. The molecule has 7 nitrogen and oxygen atoms in total. The van der Waals surface area contributed by atoms with Crippen molar-refractivity contribution in [1.82, 2.24) is 10.3 Å². The first-order valence-corrected chi connectivity index (χ1v) is 9.57. The summed E-state index contributed by atoms with van der Waals surface area (Å²) in [5, 5.41) is 14.1. The van der Waals surface area contributed by atoms with Gasteiger partial charge < -0.3 is 5.32 Å². The van der Waals surface area contributed by atoms with E-state index in [0.29, 0.717) is 0 Å². The highest BCUT2D eigenvalue weighted by Crippen LogP contribution is 2.42. The molecule has 0 saturated carbocycles. The third kappa shape index (κ3) is 3.63. The number of rotatable bonds is 5. The predicted molar refractivity (Wildman–Crippen MR) is 103 cm³/mol. The first-order chi connectivity index (χ1) is 12.9. The zero-order valence-electron chi connectivity index (χ0n) is 15.3. The molecule has 8 heteroatoms. The normalized spacial score (nSPS) is 26.0. The minimum Gasteiger partial charge on any atom is -0.378 e. The lowest BCUT2D eigenvalue weighted by molar-refractivity contribution is -0.384. The molecule has 0 saturated heterocycles. The molecule has 1 N–H and O–H groups in total. The van der Waals surface area contributed by atoms with Crippen molar-refractivity contribution in [2.75, 3.05) is 7.11 Å². The van der Waals surface area contributed by atoms with E-state index >= 15 is 0 Å². The summed E-state index contributed by atoms with van der Waals surface area (Å²) in [6.07, 6.45) is 5.35. The van der Waals surface area contributed by atoms with Crippen LogP contribution in [0, 0.1) is 10.1 Å². The van der Waals surface area contributed by atoms with Crippen LogP contribution < -0.4 is 5.32 Å². The standard InChI is InChI=1S/C19H21N3O4S/c1-13-10-17(14-6-4-8-16(11-14)22(23)24)18(27(25)26-3)19(2,21-13)15-7-5-9-20-12-15/h4-12,17-18,21H,1-3H3. The Morgan fingerprint density at radius 1 is 1.33 bits per heavy atom. The molecule has 27 heavy (non-hydrogen) atoms. The number of non-ortho nitro benzene ring substituents is 1. The van der Waals surface area contributed by atoms with Gasteiger partial charge in [-0.1, -0.05) is 24.3 Å². The van der Waals surface area contributed by atoms with Crippen molar-refractivity contribution in [3.05, 3.63) is 81.8 Å². The summed E-state index contributed by atoms with van der Waals surface area (Å²) in [7, 11) is 1.40. The number of nitro benzene ring substituents is 1. The van der Waals surface area contributed by atoms with E-state index in [9.17, 15) is 14.3 Å². The zero-order valence-corrected chi connectivity index (χ0v) is 16.1. The quantitative estimate of drug-likeness (QED) is 0.625. The van der Waals surface area contributed by atoms with Crippen LogP contribution in [-0.2, 0) is 20.8 Å². The van der Waals surface area contributed by atoms with Crippen LogP contribution in [-0.4, -0.2) is 26.5 Å². The second kappa shape index (κ2) is 7.58. The van der Waals surface area contributed by atoms with Crippen molar-refractivity contribution >= 4 is 16.8 Å². The largest absolute Gasteiger partial charge is 0.378 e. The van der Waals surface area contributed by atoms with E-state index in [1.54, 1.807) is 18.5 Å². The minimum absolute atomic E-state index is 0.00196. The van der Waals surface area contributed by atoms with Crippen molar-refractivity contribution in [3.8, 4) is 0 Å². The minimum atomic E-state index is -1.65. The predicted octanol–water partition coefficient (Wildman–Crippen LogP) is 3.17. The number of hydrogen-bond donors (Lipinski definition) is 1. The Balaban J connectivity index is 2.17. The molecule has 142 valence electrons. The summed E-state index contributed by atoms with van der Waals surface area (Å²) >= 11 is -1.65. The van der Waals surface area contributed by atoms with E-state index in [0.717, 1.165) is 16.8 Å². The number of benzene rings is 1. The van der Waals surface area contributed by atoms with Gasteiger partial charge in [-0.2, -0.15) is 0 Å². The van der Waals surface area contributed by atoms with E-state index in [2.05, 4.69) is 10.3 Å². The van der Waals surface area contributed by atoms with E-state index < -0.39 is 26.8 Å². The molecule has 0 amide bonds. The average Bonchev–Trinajstić information content (AvgIpc) is 2.67. The summed E-state index contributed by atoms with van der Waals surface area (Å²) < 4.78 is 18.2. The maximum absolute atomic E-state index is 12.9. The van der Waals surface area contributed by atoms with Crippen LogP contribution in [0.15, 0.2) is 60.6 Å². The molecule has 3 rings (SSSR count). The number of nitrogens with one attached hydrogen (secondary N) is 1. The van der Waals surface area contributed by atoms with Gasteiger partial charge in [0.1, 0.15) is 0 Å². The molecule has 2 aromatic rings. The fourth-order valence-electron chi connectivity index (χ4n) is 3.68. The monoisotopic (exact) mass is 387 g/mol. The second-order valence-electron chi connectivity index (χ2n) is 6.64. The molecular weight excluding hydrogens is 366 g/mol. The van der Waals surface area contributed by atoms with Gasteiger partial charge in [-0.15, -0.1) is 0 Å². The highest BCUT2D eigenvalue weighted by molar-refractivity contribution is 7.81. The van der Waals surface area contributed by atoms with Crippen LogP contribution >= 0.6 is 0 Å². The molecule has 1 aliphatic heterocycles. The topological polar surface area (TPSA) is 94.4 Å². The summed E-state index contributed by atoms with van der Waals surface area (Å²) in [5.41, 5.74) is 1.74. The third-order valence-electron chi connectivity index (χ3n) is 4.88. The number of hydrogen-bond acceptors (Lipinski definition) is 6. The Kier molecular flexibility index (Phi) is 5.38. The number of allylic oxidation sites excluding steroid dienone is 2. The summed E-state index contributed by atoms with van der Waals surface area (Å²) in [6.45, 7) is 3.87. The summed E-state index contributed by atoms with van der Waals surface area (Å²) in [4.78, 5) is 15.0. The Morgan fingerprint density at radius 2 is 2.11 bits per heavy atom. The molecule has 2 heterocycles. The van der Waals surface area contributed by atoms with Gasteiger partial charge in [0, 0.05) is 36.1 Å². The molecular formula is C19H21N3O4S. The van der Waals surface area contributed by atoms with E-state index in [1.807, 2.05) is 38.1 Å². The first-order valence-electron chi connectivity index (χ1n) is 8.43. The van der Waals surface area contributed by atoms with Crippen molar-refractivity contribution in [2.24, 2.45) is 0 Å². The van der Waals surface area contributed by atoms with Crippen molar-refractivity contribution in [2.45, 2.75) is 30.6 Å². The number of aromatic nitrogens is 1. The lowest BCUT2D eigenvalue weighted by atomic mass is 9.77. The molecule has 1 aliphatic rings. The van der Waals surface area contributed by atoms with Gasteiger partial charge >= 0.3 is 0 Å². The van der Waals surface area contributed by atoms with Gasteiger partial charge in [-0.3, -0.25) is 19.3 Å². The van der Waals surface area contributed by atoms with E-state index in [-0.39, 0.29) is 11.6 Å². The summed E-state index contributed by atoms with van der Waals surface area (Å²) in [6, 6.07) is 10.2. The van der Waals surface area contributed by atoms with Gasteiger partial charge in [0.25, 0.3) is 5.69 Å². The van der Waals surface area contributed by atoms with Crippen LogP contribution in [0.5, 0.6) is 0 Å². The number of pyridine rings is 1. The SMILES string of the molecule is COS(=O)C1C(c2cccc([N+](=O)[O-])c2)C=C(C)NC1(C)c1cccnc1. The Hall–Kier alpha value is -2.58. The number of nitrogens with zero attached hydrogens (tertiary/aromatic N) is 2. The number of nitro groups is 1. The van der Waals surface area contributed by atoms with Crippen molar-refractivity contribution < 1.29 is 13.3 Å². The van der Waals surface area contributed by atoms with Crippen LogP contribution in [0.1, 0.15) is 30.9 Å². The van der Waals surface area contributed by atoms with Gasteiger partial charge in [0.2, 0.25) is 0 Å². The molecule has 0 aliphatic carbocycles. The lowest BCUT2D eigenvalue weighted by Gasteiger charge is -2.45. The van der Waals surface area contributed by atoms with Crippen LogP contribution in [0.2, 0.25) is 0 Å². The van der Waals surface area contributed by atoms with E-state index in [1.165, 1.54) is 19.2 Å². The van der Waals surface area contributed by atoms with Gasteiger partial charge in [0.05, 0.1) is 22.8 Å². The average molecular weight is 387 g/mol. The molecule has 4 unspecified atom stereocenters. The smallest absolute Gasteiger partial charge is 0.269 e. The molecule has 0 radical (unpaired) electrons. The molecule has 0 bridgehead atoms. The Labute approximate surface area is 160 Å². The maximum atomic E-state index is 12.9. The Morgan fingerprint density at radius 3 is 2.74 bits per heavy atom. The molecule has 0 fully saturated rings. The molecule has 4 atom stereocenters. The van der Waals surface area contributed by atoms with Gasteiger partial charge in [-0.05, 0) is 31.0 Å². The third-order valence-corrected chi connectivity index (χ3v) is 6.39. The van der Waals surface area contributed by atoms with Gasteiger partial charge in [-0.25, -0.2) is 4.21 Å². The fourth-order valence-corrected chi connectivity index (χ4v) is 4.94. The molecule has 1 aromatic carbocycles. The summed E-state index contributed by atoms with van der Waals surface area (Å²) in [5.74, 6) is -0.336.